The summed E-state index contributed by atoms with van der Waals surface area (Å²) < 4.78 is 6.50. The lowest BCUT2D eigenvalue weighted by atomic mass is 10.1. The molecule has 1 aromatic heterocycles. The number of hydrogen-bond donors (Lipinski definition) is 1. The smallest absolute Gasteiger partial charge is 0.337 e. The number of carbonyl (C=O) groups excluding carboxylic acids is 2. The average molecular weight is 457 g/mol. The molecule has 1 heterocycles. The van der Waals surface area contributed by atoms with Crippen LogP contribution in [0.2, 0.25) is 5.02 Å². The van der Waals surface area contributed by atoms with Gasteiger partial charge in [0.2, 0.25) is 5.95 Å². The van der Waals surface area contributed by atoms with Gasteiger partial charge in [-0.15, -0.1) is 10.2 Å². The number of hydrogen-bond acceptors (Lipinski definition) is 6. The van der Waals surface area contributed by atoms with Crippen LogP contribution in [0.1, 0.15) is 28.4 Å². The molecule has 3 rings (SSSR count). The van der Waals surface area contributed by atoms with E-state index < -0.39 is 5.97 Å². The van der Waals surface area contributed by atoms with E-state index in [0.29, 0.717) is 34.0 Å². The molecule has 0 radical (unpaired) electrons. The van der Waals surface area contributed by atoms with Crippen LogP contribution in [0, 0.1) is 0 Å². The van der Waals surface area contributed by atoms with Crippen LogP contribution in [-0.4, -0.2) is 33.8 Å². The number of halogens is 1. The summed E-state index contributed by atoms with van der Waals surface area (Å²) >= 11 is 7.71. The van der Waals surface area contributed by atoms with E-state index in [0.717, 1.165) is 11.1 Å². The van der Waals surface area contributed by atoms with Crippen LogP contribution in [0.4, 0.5) is 5.95 Å². The van der Waals surface area contributed by atoms with E-state index in [2.05, 4.69) is 20.3 Å². The van der Waals surface area contributed by atoms with Crippen molar-refractivity contribution in [3.8, 4) is 0 Å². The molecule has 0 fully saturated rings. The molecule has 3 aromatic rings. The third-order valence-electron chi connectivity index (χ3n) is 4.34. The lowest BCUT2D eigenvalue weighted by Crippen LogP contribution is -2.13. The van der Waals surface area contributed by atoms with Crippen molar-refractivity contribution in [3.63, 3.8) is 0 Å². The molecular weight excluding hydrogens is 436 g/mol. The van der Waals surface area contributed by atoms with E-state index in [1.54, 1.807) is 30.3 Å². The molecule has 1 N–H and O–H groups in total. The molecule has 7 nitrogen and oxygen atoms in total. The Morgan fingerprint density at radius 3 is 2.58 bits per heavy atom. The summed E-state index contributed by atoms with van der Waals surface area (Å²) in [6.45, 7) is 2.56. The highest BCUT2D eigenvalue weighted by atomic mass is 35.5. The van der Waals surface area contributed by atoms with Crippen molar-refractivity contribution in [3.05, 3.63) is 76.3 Å². The zero-order valence-electron chi connectivity index (χ0n) is 17.0. The first-order valence-electron chi connectivity index (χ1n) is 9.48. The number of carbonyl (C=O) groups is 2. The maximum atomic E-state index is 12.3. The van der Waals surface area contributed by atoms with Crippen molar-refractivity contribution >= 4 is 47.3 Å². The highest BCUT2D eigenvalue weighted by Crippen LogP contribution is 2.27. The fourth-order valence-corrected chi connectivity index (χ4v) is 3.99. The molecule has 0 aliphatic heterocycles. The maximum Gasteiger partial charge on any atom is 0.337 e. The molecule has 1 amide bonds. The van der Waals surface area contributed by atoms with Gasteiger partial charge in [0.05, 0.1) is 12.7 Å². The van der Waals surface area contributed by atoms with Crippen LogP contribution in [0.25, 0.3) is 6.08 Å². The van der Waals surface area contributed by atoms with Gasteiger partial charge in [0.25, 0.3) is 5.91 Å². The van der Waals surface area contributed by atoms with Crippen LogP contribution in [0.3, 0.4) is 0 Å². The van der Waals surface area contributed by atoms with Gasteiger partial charge >= 0.3 is 5.97 Å². The van der Waals surface area contributed by atoms with Gasteiger partial charge in [-0.25, -0.2) is 4.79 Å². The van der Waals surface area contributed by atoms with Crippen molar-refractivity contribution in [2.45, 2.75) is 24.4 Å². The normalized spacial score (nSPS) is 10.9. The Balaban J connectivity index is 1.62. The number of thioether (sulfide) groups is 1. The first kappa shape index (κ1) is 22.6. The largest absolute Gasteiger partial charge is 0.465 e. The third-order valence-corrected chi connectivity index (χ3v) is 5.73. The Kier molecular flexibility index (Phi) is 7.86. The summed E-state index contributed by atoms with van der Waals surface area (Å²) in [7, 11) is 1.33. The van der Waals surface area contributed by atoms with Gasteiger partial charge in [-0.2, -0.15) is 0 Å². The number of methoxy groups -OCH3 is 1. The van der Waals surface area contributed by atoms with Crippen molar-refractivity contribution in [1.82, 2.24) is 14.8 Å². The van der Waals surface area contributed by atoms with Gasteiger partial charge < -0.3 is 4.74 Å². The quantitative estimate of drug-likeness (QED) is 0.301. The van der Waals surface area contributed by atoms with Crippen LogP contribution in [0.5, 0.6) is 0 Å². The number of rotatable bonds is 8. The van der Waals surface area contributed by atoms with Crippen LogP contribution < -0.4 is 5.32 Å². The lowest BCUT2D eigenvalue weighted by Gasteiger charge is -2.08. The Bertz CT molecular complexity index is 1100. The number of ether oxygens (including phenoxy) is 1. The maximum absolute atomic E-state index is 12.3. The standard InChI is InChI=1S/C22H21ClN4O3S/c1-3-27-21(25-26-22(27)31-14-17-6-4-5-7-18(17)23)24-19(28)13-10-15-8-11-16(12-9-15)20(29)30-2/h4-13H,3,14H2,1-2H3,(H,24,25,28)/b13-10+. The van der Waals surface area contributed by atoms with Crippen molar-refractivity contribution in [2.24, 2.45) is 0 Å². The summed E-state index contributed by atoms with van der Waals surface area (Å²) in [5, 5.41) is 12.4. The molecule has 0 saturated heterocycles. The van der Waals surface area contributed by atoms with Crippen LogP contribution in [0.15, 0.2) is 59.8 Å². The highest BCUT2D eigenvalue weighted by molar-refractivity contribution is 7.98. The number of benzene rings is 2. The summed E-state index contributed by atoms with van der Waals surface area (Å²) in [5.41, 5.74) is 2.23. The Morgan fingerprint density at radius 2 is 1.90 bits per heavy atom. The molecular formula is C22H21ClN4O3S. The van der Waals surface area contributed by atoms with Crippen molar-refractivity contribution < 1.29 is 14.3 Å². The molecule has 0 spiro atoms. The second-order valence-electron chi connectivity index (χ2n) is 6.37. The van der Waals surface area contributed by atoms with Crippen LogP contribution in [-0.2, 0) is 21.8 Å². The second kappa shape index (κ2) is 10.8. The van der Waals surface area contributed by atoms with E-state index in [1.165, 1.54) is 24.9 Å². The fraction of sp³-hybridized carbons (Fsp3) is 0.182. The number of nitrogens with zero attached hydrogens (tertiary/aromatic N) is 3. The zero-order valence-corrected chi connectivity index (χ0v) is 18.6. The molecule has 160 valence electrons. The summed E-state index contributed by atoms with van der Waals surface area (Å²) in [5.74, 6) is 0.282. The molecule has 0 unspecified atom stereocenters. The van der Waals surface area contributed by atoms with Crippen LogP contribution >= 0.6 is 23.4 Å². The molecule has 0 bridgehead atoms. The molecule has 0 aliphatic rings. The predicted molar refractivity (Wildman–Crippen MR) is 122 cm³/mol. The van der Waals surface area contributed by atoms with E-state index in [4.69, 9.17) is 11.6 Å². The van der Waals surface area contributed by atoms with E-state index in [9.17, 15) is 9.59 Å². The van der Waals surface area contributed by atoms with E-state index >= 15 is 0 Å². The monoisotopic (exact) mass is 456 g/mol. The molecule has 2 aromatic carbocycles. The lowest BCUT2D eigenvalue weighted by molar-refractivity contribution is -0.111. The second-order valence-corrected chi connectivity index (χ2v) is 7.72. The fourth-order valence-electron chi connectivity index (χ4n) is 2.70. The Hall–Kier alpha value is -3.10. The molecule has 0 aliphatic carbocycles. The van der Waals surface area contributed by atoms with Gasteiger partial charge in [-0.3, -0.25) is 14.7 Å². The van der Waals surface area contributed by atoms with Gasteiger partial charge in [0, 0.05) is 23.4 Å². The summed E-state index contributed by atoms with van der Waals surface area (Å²) in [4.78, 5) is 23.8. The minimum absolute atomic E-state index is 0.332. The van der Waals surface area contributed by atoms with Gasteiger partial charge in [-0.05, 0) is 42.3 Å². The topological polar surface area (TPSA) is 86.1 Å². The molecule has 0 saturated carbocycles. The predicted octanol–water partition coefficient (Wildman–Crippen LogP) is 4.68. The van der Waals surface area contributed by atoms with Gasteiger partial charge in [0.15, 0.2) is 5.16 Å². The number of esters is 1. The van der Waals surface area contributed by atoms with Gasteiger partial charge in [-0.1, -0.05) is 53.7 Å². The molecule has 0 atom stereocenters. The minimum Gasteiger partial charge on any atom is -0.465 e. The number of nitrogens with one attached hydrogen (secondary N) is 1. The number of aromatic nitrogens is 3. The summed E-state index contributed by atoms with van der Waals surface area (Å²) in [6, 6.07) is 14.4. The number of anilines is 1. The zero-order chi connectivity index (χ0) is 22.2. The first-order valence-corrected chi connectivity index (χ1v) is 10.8. The first-order chi connectivity index (χ1) is 15.0. The minimum atomic E-state index is -0.407. The highest BCUT2D eigenvalue weighted by Gasteiger charge is 2.13. The third kappa shape index (κ3) is 5.96. The Labute approximate surface area is 189 Å². The van der Waals surface area contributed by atoms with E-state index in [1.807, 2.05) is 35.8 Å². The van der Waals surface area contributed by atoms with Gasteiger partial charge in [0.1, 0.15) is 0 Å². The SMILES string of the molecule is CCn1c(NC(=O)/C=C/c2ccc(C(=O)OC)cc2)nnc1SCc1ccccc1Cl. The number of amides is 1. The molecule has 31 heavy (non-hydrogen) atoms. The van der Waals surface area contributed by atoms with E-state index in [-0.39, 0.29) is 5.91 Å². The van der Waals surface area contributed by atoms with Crippen molar-refractivity contribution in [1.29, 1.82) is 0 Å². The Morgan fingerprint density at radius 1 is 1.16 bits per heavy atom. The average Bonchev–Trinajstić information content (AvgIpc) is 3.18. The molecule has 9 heteroatoms. The summed E-state index contributed by atoms with van der Waals surface area (Å²) in [6.07, 6.45) is 3.05. The van der Waals surface area contributed by atoms with Crippen molar-refractivity contribution in [2.75, 3.05) is 12.4 Å².